The molecule has 1 saturated heterocycles. The van der Waals surface area contributed by atoms with Gasteiger partial charge in [-0.1, -0.05) is 18.2 Å². The number of urea groups is 1. The van der Waals surface area contributed by atoms with E-state index in [2.05, 4.69) is 5.32 Å². The minimum absolute atomic E-state index is 0.0925. The summed E-state index contributed by atoms with van der Waals surface area (Å²) >= 11 is 0. The van der Waals surface area contributed by atoms with Crippen molar-refractivity contribution in [2.45, 2.75) is 13.1 Å². The fraction of sp³-hybridized carbons (Fsp3) is 0.115. The summed E-state index contributed by atoms with van der Waals surface area (Å²) in [5, 5.41) is 3.05. The van der Waals surface area contributed by atoms with Crippen molar-refractivity contribution in [3.05, 3.63) is 95.8 Å². The van der Waals surface area contributed by atoms with Crippen LogP contribution in [0.3, 0.4) is 0 Å². The van der Waals surface area contributed by atoms with E-state index in [0.717, 1.165) is 15.8 Å². The van der Waals surface area contributed by atoms with Crippen LogP contribution in [0.25, 0.3) is 17.0 Å². The molecule has 8 nitrogen and oxygen atoms in total. The molecule has 5 rings (SSSR count). The highest BCUT2D eigenvalue weighted by Crippen LogP contribution is 2.25. The quantitative estimate of drug-likeness (QED) is 0.322. The van der Waals surface area contributed by atoms with Crippen molar-refractivity contribution in [1.82, 2.24) is 14.8 Å². The Balaban J connectivity index is 1.41. The van der Waals surface area contributed by atoms with Crippen molar-refractivity contribution >= 4 is 34.8 Å². The molecule has 9 heteroatoms. The monoisotopic (exact) mass is 473 g/mol. The first-order valence-electron chi connectivity index (χ1n) is 10.9. The highest BCUT2D eigenvalue weighted by Gasteiger charge is 2.36. The van der Waals surface area contributed by atoms with Crippen molar-refractivity contribution in [3.8, 4) is 5.75 Å². The van der Waals surface area contributed by atoms with E-state index in [1.54, 1.807) is 24.3 Å². The number of hydrogen-bond donors (Lipinski definition) is 1. The maximum atomic E-state index is 13.1. The number of hydrogen-bond acceptors (Lipinski definition) is 5. The molecule has 2 aromatic heterocycles. The number of halogens is 1. The number of furan rings is 1. The number of benzene rings is 2. The van der Waals surface area contributed by atoms with Crippen molar-refractivity contribution in [2.24, 2.45) is 0 Å². The summed E-state index contributed by atoms with van der Waals surface area (Å²) in [7, 11) is 0. The average molecular weight is 473 g/mol. The molecule has 0 bridgehead atoms. The second kappa shape index (κ2) is 9.30. The van der Waals surface area contributed by atoms with Gasteiger partial charge in [-0.2, -0.15) is 0 Å². The minimum atomic E-state index is -0.797. The van der Waals surface area contributed by atoms with Crippen LogP contribution in [0.2, 0.25) is 0 Å². The predicted octanol–water partition coefficient (Wildman–Crippen LogP) is 4.11. The highest BCUT2D eigenvalue weighted by atomic mass is 19.1. The van der Waals surface area contributed by atoms with Crippen molar-refractivity contribution in [1.29, 1.82) is 0 Å². The molecule has 1 aliphatic heterocycles. The fourth-order valence-corrected chi connectivity index (χ4v) is 3.92. The zero-order valence-electron chi connectivity index (χ0n) is 18.4. The van der Waals surface area contributed by atoms with Crippen LogP contribution in [0.15, 0.2) is 83.1 Å². The summed E-state index contributed by atoms with van der Waals surface area (Å²) in [4.78, 5) is 38.8. The Bertz CT molecular complexity index is 1440. The predicted molar refractivity (Wildman–Crippen MR) is 125 cm³/mol. The first-order chi connectivity index (χ1) is 17.0. The number of ether oxygens (including phenoxy) is 1. The van der Waals surface area contributed by atoms with Crippen LogP contribution in [0.5, 0.6) is 5.75 Å². The summed E-state index contributed by atoms with van der Waals surface area (Å²) < 4.78 is 26.0. The van der Waals surface area contributed by atoms with Gasteiger partial charge < -0.3 is 13.7 Å². The van der Waals surface area contributed by atoms with E-state index in [9.17, 15) is 18.8 Å². The lowest BCUT2D eigenvalue weighted by molar-refractivity contribution is -0.130. The highest BCUT2D eigenvalue weighted by molar-refractivity contribution is 6.31. The smallest absolute Gasteiger partial charge is 0.331 e. The fourth-order valence-electron chi connectivity index (χ4n) is 3.92. The van der Waals surface area contributed by atoms with Crippen LogP contribution in [-0.4, -0.2) is 33.9 Å². The number of nitrogens with zero attached hydrogens (tertiary/aromatic N) is 2. The average Bonchev–Trinajstić information content (AvgIpc) is 3.49. The number of aromatic nitrogens is 1. The van der Waals surface area contributed by atoms with Crippen LogP contribution in [-0.2, 0) is 22.7 Å². The van der Waals surface area contributed by atoms with E-state index < -0.39 is 17.8 Å². The summed E-state index contributed by atoms with van der Waals surface area (Å²) in [5.41, 5.74) is 1.38. The Kier molecular flexibility index (Phi) is 5.88. The third-order valence-corrected chi connectivity index (χ3v) is 5.61. The lowest BCUT2D eigenvalue weighted by atomic mass is 10.1. The van der Waals surface area contributed by atoms with Crippen LogP contribution in [0.4, 0.5) is 9.18 Å². The van der Waals surface area contributed by atoms with Gasteiger partial charge in [0.2, 0.25) is 0 Å². The Morgan fingerprint density at radius 2 is 1.80 bits per heavy atom. The molecule has 0 radical (unpaired) electrons. The van der Waals surface area contributed by atoms with Gasteiger partial charge in [-0.05, 0) is 48.5 Å². The molecule has 176 valence electrons. The molecule has 1 N–H and O–H groups in total. The molecular formula is C26H20FN3O5. The molecule has 4 amide bonds. The lowest BCUT2D eigenvalue weighted by Gasteiger charge is -2.25. The van der Waals surface area contributed by atoms with Gasteiger partial charge in [0.15, 0.2) is 0 Å². The van der Waals surface area contributed by atoms with E-state index in [-0.39, 0.29) is 17.9 Å². The molecule has 4 aromatic rings. The van der Waals surface area contributed by atoms with Crippen molar-refractivity contribution in [2.75, 3.05) is 6.61 Å². The van der Waals surface area contributed by atoms with E-state index in [1.165, 1.54) is 24.5 Å². The van der Waals surface area contributed by atoms with Crippen LogP contribution in [0, 0.1) is 5.82 Å². The van der Waals surface area contributed by atoms with E-state index >= 15 is 0 Å². The number of carbonyl (C=O) groups is 3. The Labute approximate surface area is 199 Å². The second-order valence-corrected chi connectivity index (χ2v) is 7.89. The van der Waals surface area contributed by atoms with E-state index in [1.807, 2.05) is 35.0 Å². The van der Waals surface area contributed by atoms with Gasteiger partial charge in [-0.3, -0.25) is 19.8 Å². The molecular weight excluding hydrogens is 453 g/mol. The van der Waals surface area contributed by atoms with Gasteiger partial charge in [-0.15, -0.1) is 0 Å². The number of barbiturate groups is 1. The lowest BCUT2D eigenvalue weighted by Crippen LogP contribution is -2.53. The van der Waals surface area contributed by atoms with Gasteiger partial charge in [0.05, 0.1) is 19.4 Å². The van der Waals surface area contributed by atoms with Crippen molar-refractivity contribution < 1.29 is 27.9 Å². The van der Waals surface area contributed by atoms with Crippen molar-refractivity contribution in [3.63, 3.8) is 0 Å². The van der Waals surface area contributed by atoms with Crippen LogP contribution in [0.1, 0.15) is 11.3 Å². The molecule has 0 atom stereocenters. The zero-order chi connectivity index (χ0) is 24.4. The molecule has 3 heterocycles. The largest absolute Gasteiger partial charge is 0.492 e. The minimum Gasteiger partial charge on any atom is -0.492 e. The summed E-state index contributed by atoms with van der Waals surface area (Å²) in [6, 6.07) is 15.8. The topological polar surface area (TPSA) is 93.8 Å². The van der Waals surface area contributed by atoms with Gasteiger partial charge in [0, 0.05) is 22.7 Å². The number of rotatable bonds is 7. The molecule has 0 aliphatic carbocycles. The van der Waals surface area contributed by atoms with E-state index in [0.29, 0.717) is 30.2 Å². The van der Waals surface area contributed by atoms with E-state index in [4.69, 9.17) is 9.15 Å². The van der Waals surface area contributed by atoms with Gasteiger partial charge >= 0.3 is 6.03 Å². The maximum absolute atomic E-state index is 13.1. The SMILES string of the molecule is O=C1NC(=O)N(Cc2ccco2)C(=O)/C1=C\c1cn(CCOc2ccc(F)cc2)c2ccccc12. The number of fused-ring (bicyclic) bond motifs is 1. The Morgan fingerprint density at radius 1 is 1.00 bits per heavy atom. The van der Waals surface area contributed by atoms with Gasteiger partial charge in [0.25, 0.3) is 11.8 Å². The molecule has 0 saturated carbocycles. The van der Waals surface area contributed by atoms with Crippen LogP contribution >= 0.6 is 0 Å². The summed E-state index contributed by atoms with van der Waals surface area (Å²) in [6.45, 7) is 0.709. The first-order valence-corrected chi connectivity index (χ1v) is 10.9. The molecule has 0 spiro atoms. The third-order valence-electron chi connectivity index (χ3n) is 5.61. The zero-order valence-corrected chi connectivity index (χ0v) is 18.4. The summed E-state index contributed by atoms with van der Waals surface area (Å²) in [6.07, 6.45) is 4.75. The van der Waals surface area contributed by atoms with Gasteiger partial charge in [-0.25, -0.2) is 9.18 Å². The van der Waals surface area contributed by atoms with Crippen LogP contribution < -0.4 is 10.1 Å². The first kappa shape index (κ1) is 22.1. The number of imide groups is 2. The standard InChI is InChI=1S/C26H20FN3O5/c27-18-7-9-19(10-8-18)35-13-11-29-15-17(21-5-1-2-6-23(21)29)14-22-24(31)28-26(33)30(25(22)32)16-20-4-3-12-34-20/h1-10,12,14-15H,11,13,16H2,(H,28,31,33)/b22-14-. The molecule has 1 aliphatic rings. The number of amides is 4. The molecule has 1 fully saturated rings. The number of carbonyl (C=O) groups excluding carboxylic acids is 3. The molecule has 0 unspecified atom stereocenters. The maximum Gasteiger partial charge on any atom is 0.331 e. The summed E-state index contributed by atoms with van der Waals surface area (Å²) in [5.74, 6) is -0.827. The number of para-hydroxylation sites is 1. The Hall–Kier alpha value is -4.66. The second-order valence-electron chi connectivity index (χ2n) is 7.89. The Morgan fingerprint density at radius 3 is 2.57 bits per heavy atom. The number of nitrogens with one attached hydrogen (secondary N) is 1. The third kappa shape index (κ3) is 4.56. The molecule has 35 heavy (non-hydrogen) atoms. The molecule has 2 aromatic carbocycles. The normalized spacial score (nSPS) is 15.2. The van der Waals surface area contributed by atoms with Gasteiger partial charge in [0.1, 0.15) is 29.5 Å².